The highest BCUT2D eigenvalue weighted by atomic mass is 35.5. The van der Waals surface area contributed by atoms with E-state index in [9.17, 15) is 9.59 Å². The van der Waals surface area contributed by atoms with E-state index in [0.29, 0.717) is 39.8 Å². The van der Waals surface area contributed by atoms with Crippen molar-refractivity contribution in [3.63, 3.8) is 0 Å². The number of hydrogen-bond acceptors (Lipinski definition) is 5. The Morgan fingerprint density at radius 1 is 0.912 bits per heavy atom. The SMILES string of the molecule is CCOc1ccc(C(=O)N/N=C\c2c(OC(=O)c3ccc(Cl)cc3)ccc3ccccc23)cc1. The van der Waals surface area contributed by atoms with Crippen LogP contribution in [0.2, 0.25) is 5.02 Å². The van der Waals surface area contributed by atoms with Crippen LogP contribution in [0.1, 0.15) is 33.2 Å². The van der Waals surface area contributed by atoms with E-state index in [1.165, 1.54) is 6.21 Å². The first-order valence-corrected chi connectivity index (χ1v) is 11.0. The third-order valence-electron chi connectivity index (χ3n) is 5.00. The number of hydrazone groups is 1. The maximum atomic E-state index is 12.7. The van der Waals surface area contributed by atoms with Crippen LogP contribution in [0.3, 0.4) is 0 Å². The van der Waals surface area contributed by atoms with Crippen LogP contribution in [0, 0.1) is 0 Å². The highest BCUT2D eigenvalue weighted by Gasteiger charge is 2.14. The first kappa shape index (κ1) is 23.0. The van der Waals surface area contributed by atoms with Crippen molar-refractivity contribution in [3.05, 3.63) is 107 Å². The molecule has 0 saturated heterocycles. The van der Waals surface area contributed by atoms with E-state index in [0.717, 1.165) is 10.8 Å². The first-order valence-electron chi connectivity index (χ1n) is 10.6. The molecule has 0 bridgehead atoms. The van der Waals surface area contributed by atoms with Crippen molar-refractivity contribution in [3.8, 4) is 11.5 Å². The Hall–Kier alpha value is -4.16. The summed E-state index contributed by atoms with van der Waals surface area (Å²) in [5.41, 5.74) is 3.88. The van der Waals surface area contributed by atoms with Crippen LogP contribution in [0.25, 0.3) is 10.8 Å². The molecule has 0 aliphatic carbocycles. The van der Waals surface area contributed by atoms with Crippen LogP contribution in [0.15, 0.2) is 90.0 Å². The van der Waals surface area contributed by atoms with Gasteiger partial charge in [0, 0.05) is 16.1 Å². The van der Waals surface area contributed by atoms with Gasteiger partial charge in [0.05, 0.1) is 18.4 Å². The molecule has 1 N–H and O–H groups in total. The van der Waals surface area contributed by atoms with Crippen molar-refractivity contribution in [2.24, 2.45) is 5.10 Å². The number of benzene rings is 4. The number of nitrogens with zero attached hydrogens (tertiary/aromatic N) is 1. The molecule has 170 valence electrons. The van der Waals surface area contributed by atoms with E-state index >= 15 is 0 Å². The number of rotatable bonds is 7. The van der Waals surface area contributed by atoms with Crippen molar-refractivity contribution in [2.75, 3.05) is 6.61 Å². The number of fused-ring (bicyclic) bond motifs is 1. The van der Waals surface area contributed by atoms with Gasteiger partial charge in [0.2, 0.25) is 0 Å². The zero-order valence-corrected chi connectivity index (χ0v) is 19.1. The van der Waals surface area contributed by atoms with Gasteiger partial charge in [0.15, 0.2) is 0 Å². The Balaban J connectivity index is 1.57. The van der Waals surface area contributed by atoms with Gasteiger partial charge in [-0.15, -0.1) is 0 Å². The molecule has 0 unspecified atom stereocenters. The number of carbonyl (C=O) groups excluding carboxylic acids is 2. The Morgan fingerprint density at radius 3 is 2.35 bits per heavy atom. The second-order valence-electron chi connectivity index (χ2n) is 7.25. The summed E-state index contributed by atoms with van der Waals surface area (Å²) in [6.45, 7) is 2.44. The van der Waals surface area contributed by atoms with Crippen LogP contribution in [-0.2, 0) is 0 Å². The number of esters is 1. The van der Waals surface area contributed by atoms with Crippen molar-refractivity contribution >= 4 is 40.5 Å². The normalized spacial score (nSPS) is 10.9. The van der Waals surface area contributed by atoms with Gasteiger partial charge in [0.1, 0.15) is 11.5 Å². The minimum atomic E-state index is -0.528. The molecule has 0 heterocycles. The summed E-state index contributed by atoms with van der Waals surface area (Å²) in [4.78, 5) is 25.1. The molecule has 4 aromatic carbocycles. The molecule has 0 spiro atoms. The summed E-state index contributed by atoms with van der Waals surface area (Å²) in [5.74, 6) is 0.0995. The van der Waals surface area contributed by atoms with E-state index in [-0.39, 0.29) is 5.91 Å². The summed E-state index contributed by atoms with van der Waals surface area (Å²) in [6.07, 6.45) is 1.47. The summed E-state index contributed by atoms with van der Waals surface area (Å²) in [6, 6.07) is 24.4. The van der Waals surface area contributed by atoms with E-state index in [4.69, 9.17) is 21.1 Å². The Morgan fingerprint density at radius 2 is 1.62 bits per heavy atom. The Bertz CT molecular complexity index is 1350. The van der Waals surface area contributed by atoms with Gasteiger partial charge in [-0.05, 0) is 72.3 Å². The highest BCUT2D eigenvalue weighted by Crippen LogP contribution is 2.27. The molecule has 0 aromatic heterocycles. The lowest BCUT2D eigenvalue weighted by Crippen LogP contribution is -2.17. The quantitative estimate of drug-likeness (QED) is 0.158. The minimum absolute atomic E-state index is 0.317. The van der Waals surface area contributed by atoms with Gasteiger partial charge < -0.3 is 9.47 Å². The lowest BCUT2D eigenvalue weighted by molar-refractivity contribution is 0.0734. The number of amides is 1. The van der Waals surface area contributed by atoms with E-state index in [1.54, 1.807) is 54.6 Å². The average Bonchev–Trinajstić information content (AvgIpc) is 2.86. The van der Waals surface area contributed by atoms with Crippen molar-refractivity contribution in [1.82, 2.24) is 5.43 Å². The third-order valence-corrected chi connectivity index (χ3v) is 5.25. The monoisotopic (exact) mass is 472 g/mol. The number of halogens is 1. The predicted molar refractivity (Wildman–Crippen MR) is 133 cm³/mol. The maximum absolute atomic E-state index is 12.7. The van der Waals surface area contributed by atoms with E-state index < -0.39 is 5.97 Å². The topological polar surface area (TPSA) is 77.0 Å². The average molecular weight is 473 g/mol. The van der Waals surface area contributed by atoms with Crippen molar-refractivity contribution < 1.29 is 19.1 Å². The second kappa shape index (κ2) is 10.6. The molecule has 0 saturated carbocycles. The highest BCUT2D eigenvalue weighted by molar-refractivity contribution is 6.30. The van der Waals surface area contributed by atoms with E-state index in [1.807, 2.05) is 37.3 Å². The molecule has 0 aliphatic rings. The Kier molecular flexibility index (Phi) is 7.20. The second-order valence-corrected chi connectivity index (χ2v) is 7.69. The number of hydrogen-bond donors (Lipinski definition) is 1. The number of nitrogens with one attached hydrogen (secondary N) is 1. The van der Waals surface area contributed by atoms with Crippen LogP contribution in [0.5, 0.6) is 11.5 Å². The molecule has 1 amide bonds. The molecule has 0 radical (unpaired) electrons. The molecule has 0 aliphatic heterocycles. The fourth-order valence-electron chi connectivity index (χ4n) is 3.33. The van der Waals surface area contributed by atoms with Crippen LogP contribution < -0.4 is 14.9 Å². The summed E-state index contributed by atoms with van der Waals surface area (Å²) < 4.78 is 11.1. The van der Waals surface area contributed by atoms with Crippen LogP contribution in [0.4, 0.5) is 0 Å². The lowest BCUT2D eigenvalue weighted by atomic mass is 10.0. The fraction of sp³-hybridized carbons (Fsp3) is 0.0741. The summed E-state index contributed by atoms with van der Waals surface area (Å²) in [7, 11) is 0. The molecule has 34 heavy (non-hydrogen) atoms. The van der Waals surface area contributed by atoms with Gasteiger partial charge in [-0.25, -0.2) is 10.2 Å². The van der Waals surface area contributed by atoms with Crippen molar-refractivity contribution in [2.45, 2.75) is 6.92 Å². The molecular formula is C27H21ClN2O4. The maximum Gasteiger partial charge on any atom is 0.343 e. The molecule has 6 nitrogen and oxygen atoms in total. The lowest BCUT2D eigenvalue weighted by Gasteiger charge is -2.11. The Labute approximate surface area is 201 Å². The molecule has 0 atom stereocenters. The predicted octanol–water partition coefficient (Wildman–Crippen LogP) is 5.88. The number of carbonyl (C=O) groups is 2. The largest absolute Gasteiger partial charge is 0.494 e. The van der Waals surface area contributed by atoms with Crippen LogP contribution in [-0.4, -0.2) is 24.7 Å². The smallest absolute Gasteiger partial charge is 0.343 e. The fourth-order valence-corrected chi connectivity index (χ4v) is 3.46. The van der Waals surface area contributed by atoms with Crippen LogP contribution >= 0.6 is 11.6 Å². The summed E-state index contributed by atoms with van der Waals surface area (Å²) >= 11 is 5.91. The molecule has 4 aromatic rings. The first-order chi connectivity index (χ1) is 16.5. The standard InChI is InChI=1S/C27H21ClN2O4/c1-2-33-22-14-9-19(10-15-22)26(31)30-29-17-24-23-6-4-3-5-18(23)11-16-25(24)34-27(32)20-7-12-21(28)13-8-20/h3-17H,2H2,1H3,(H,30,31)/b29-17-. The van der Waals surface area contributed by atoms with Gasteiger partial charge in [-0.2, -0.15) is 5.10 Å². The third kappa shape index (κ3) is 5.42. The zero-order valence-electron chi connectivity index (χ0n) is 18.3. The minimum Gasteiger partial charge on any atom is -0.494 e. The van der Waals surface area contributed by atoms with Gasteiger partial charge in [-0.3, -0.25) is 4.79 Å². The van der Waals surface area contributed by atoms with Gasteiger partial charge >= 0.3 is 5.97 Å². The molecule has 7 heteroatoms. The van der Waals surface area contributed by atoms with E-state index in [2.05, 4.69) is 10.5 Å². The molecular weight excluding hydrogens is 452 g/mol. The summed E-state index contributed by atoms with van der Waals surface area (Å²) in [5, 5.41) is 6.40. The van der Waals surface area contributed by atoms with Gasteiger partial charge in [-0.1, -0.05) is 41.9 Å². The number of ether oxygens (including phenoxy) is 2. The van der Waals surface area contributed by atoms with Crippen molar-refractivity contribution in [1.29, 1.82) is 0 Å². The van der Waals surface area contributed by atoms with Gasteiger partial charge in [0.25, 0.3) is 5.91 Å². The zero-order chi connectivity index (χ0) is 23.9. The molecule has 0 fully saturated rings. The molecule has 4 rings (SSSR count).